The van der Waals surface area contributed by atoms with Crippen LogP contribution >= 0.6 is 11.6 Å². The van der Waals surface area contributed by atoms with E-state index in [0.717, 1.165) is 54.5 Å². The number of amides is 1. The topological polar surface area (TPSA) is 121 Å². The number of halogens is 1. The molecule has 2 aliphatic rings. The van der Waals surface area contributed by atoms with Crippen LogP contribution in [0.2, 0.25) is 5.02 Å². The van der Waals surface area contributed by atoms with Gasteiger partial charge in [-0.15, -0.1) is 0 Å². The maximum atomic E-state index is 12.4. The maximum absolute atomic E-state index is 12.4. The number of aliphatic hydroxyl groups is 1. The number of rotatable bonds is 8. The quantitative estimate of drug-likeness (QED) is 0.351. The third-order valence-corrected chi connectivity index (χ3v) is 7.85. The van der Waals surface area contributed by atoms with Crippen LogP contribution < -0.4 is 16.0 Å². The number of aromatic nitrogens is 3. The lowest BCUT2D eigenvalue weighted by atomic mass is 9.86. The number of aryl methyl sites for hydroxylation is 1. The molecule has 2 fully saturated rings. The highest BCUT2D eigenvalue weighted by Crippen LogP contribution is 2.29. The first-order chi connectivity index (χ1) is 17.8. The summed E-state index contributed by atoms with van der Waals surface area (Å²) in [7, 11) is 0. The van der Waals surface area contributed by atoms with Gasteiger partial charge in [-0.25, -0.2) is 15.0 Å². The smallest absolute Gasteiger partial charge is 0.256 e. The van der Waals surface area contributed by atoms with E-state index in [1.165, 1.54) is 19.3 Å². The molecule has 9 nitrogen and oxygen atoms in total. The fourth-order valence-electron chi connectivity index (χ4n) is 4.74. The Morgan fingerprint density at radius 2 is 1.81 bits per heavy atom. The van der Waals surface area contributed by atoms with Gasteiger partial charge in [0.2, 0.25) is 5.95 Å². The van der Waals surface area contributed by atoms with Gasteiger partial charge >= 0.3 is 0 Å². The Hall–Kier alpha value is -3.01. The van der Waals surface area contributed by atoms with Crippen molar-refractivity contribution < 1.29 is 14.6 Å². The summed E-state index contributed by atoms with van der Waals surface area (Å²) in [6, 6.07) is 8.47. The molecule has 1 saturated carbocycles. The molecule has 196 valence electrons. The Kier molecular flexibility index (Phi) is 7.46. The highest BCUT2D eigenvalue weighted by Gasteiger charge is 2.36. The number of pyridine rings is 1. The molecule has 10 heteroatoms. The normalized spacial score (nSPS) is 21.6. The Bertz CT molecular complexity index is 1260. The molecule has 37 heavy (non-hydrogen) atoms. The molecule has 1 unspecified atom stereocenters. The summed E-state index contributed by atoms with van der Waals surface area (Å²) in [5.41, 5.74) is 0.511. The van der Waals surface area contributed by atoms with Gasteiger partial charge < -0.3 is 25.8 Å². The molecule has 3 aromatic rings. The minimum atomic E-state index is -1.70. The van der Waals surface area contributed by atoms with E-state index in [9.17, 15) is 9.90 Å². The minimum Gasteiger partial charge on any atom is -0.377 e. The molecule has 1 aliphatic heterocycles. The first-order valence-corrected chi connectivity index (χ1v) is 13.2. The highest BCUT2D eigenvalue weighted by molar-refractivity contribution is 6.35. The number of carbonyl (C=O) groups is 1. The summed E-state index contributed by atoms with van der Waals surface area (Å²) in [5.74, 6) is 1.38. The van der Waals surface area contributed by atoms with Gasteiger partial charge in [-0.2, -0.15) is 0 Å². The molecule has 4 N–H and O–H groups in total. The molecular formula is C27H33ClN6O3. The number of ether oxygens (including phenoxy) is 1. The molecular weight excluding hydrogens is 492 g/mol. The summed E-state index contributed by atoms with van der Waals surface area (Å²) in [6.45, 7) is 5.15. The van der Waals surface area contributed by atoms with E-state index in [4.69, 9.17) is 21.3 Å². The van der Waals surface area contributed by atoms with Crippen molar-refractivity contribution in [1.29, 1.82) is 0 Å². The summed E-state index contributed by atoms with van der Waals surface area (Å²) < 4.78 is 5.06. The van der Waals surface area contributed by atoms with Crippen LogP contribution in [-0.2, 0) is 15.1 Å². The number of hydrogen-bond donors (Lipinski definition) is 4. The van der Waals surface area contributed by atoms with Gasteiger partial charge in [0.25, 0.3) is 5.91 Å². The Balaban J connectivity index is 1.09. The zero-order chi connectivity index (χ0) is 26.0. The van der Waals surface area contributed by atoms with E-state index in [1.54, 1.807) is 0 Å². The number of carbonyl (C=O) groups excluding carboxylic acids is 1. The predicted molar refractivity (Wildman–Crippen MR) is 144 cm³/mol. The molecule has 1 aromatic carbocycles. The minimum absolute atomic E-state index is 0.0577. The lowest BCUT2D eigenvalue weighted by molar-refractivity contribution is -0.143. The number of fused-ring (bicyclic) bond motifs is 1. The van der Waals surface area contributed by atoms with Gasteiger partial charge in [0, 0.05) is 35.9 Å². The van der Waals surface area contributed by atoms with Crippen LogP contribution in [0.3, 0.4) is 0 Å². The zero-order valence-electron chi connectivity index (χ0n) is 21.1. The maximum Gasteiger partial charge on any atom is 0.256 e. The fraction of sp³-hybridized carbons (Fsp3) is 0.481. The van der Waals surface area contributed by atoms with Crippen LogP contribution in [0.25, 0.3) is 10.9 Å². The van der Waals surface area contributed by atoms with E-state index in [2.05, 4.69) is 32.0 Å². The predicted octanol–water partition coefficient (Wildman–Crippen LogP) is 3.79. The van der Waals surface area contributed by atoms with Gasteiger partial charge in [0.05, 0.1) is 29.8 Å². The third-order valence-electron chi connectivity index (χ3n) is 7.37. The molecule has 1 saturated heterocycles. The van der Waals surface area contributed by atoms with Crippen LogP contribution in [0, 0.1) is 12.8 Å². The van der Waals surface area contributed by atoms with Gasteiger partial charge in [-0.1, -0.05) is 23.7 Å². The van der Waals surface area contributed by atoms with Gasteiger partial charge in [0.15, 0.2) is 5.60 Å². The van der Waals surface area contributed by atoms with Gasteiger partial charge in [-0.05, 0) is 63.1 Å². The second kappa shape index (κ2) is 10.8. The van der Waals surface area contributed by atoms with Crippen LogP contribution in [0.5, 0.6) is 0 Å². The summed E-state index contributed by atoms with van der Waals surface area (Å²) in [5, 5.41) is 22.1. The average molecular weight is 525 g/mol. The third kappa shape index (κ3) is 5.79. The van der Waals surface area contributed by atoms with Crippen LogP contribution in [-0.4, -0.2) is 57.8 Å². The van der Waals surface area contributed by atoms with E-state index in [1.807, 2.05) is 25.1 Å². The molecule has 1 aliphatic carbocycles. The second-order valence-electron chi connectivity index (χ2n) is 10.3. The van der Waals surface area contributed by atoms with Crippen LogP contribution in [0.15, 0.2) is 36.7 Å². The Morgan fingerprint density at radius 3 is 2.49 bits per heavy atom. The SMILES string of the molecule is Cc1ccc2ccc(NC3CCC(CNc4ncc(C(C)(O)C(=O)NC5COC5)cn4)CC3)nc2c1Cl. The summed E-state index contributed by atoms with van der Waals surface area (Å²) in [4.78, 5) is 25.8. The molecule has 3 heterocycles. The average Bonchev–Trinajstić information content (AvgIpc) is 2.88. The number of nitrogens with zero attached hydrogens (tertiary/aromatic N) is 3. The lowest BCUT2D eigenvalue weighted by Gasteiger charge is -2.31. The molecule has 1 atom stereocenters. The van der Waals surface area contributed by atoms with Crippen molar-refractivity contribution in [2.24, 2.45) is 5.92 Å². The molecule has 0 radical (unpaired) electrons. The molecule has 1 amide bonds. The molecule has 2 aromatic heterocycles. The summed E-state index contributed by atoms with van der Waals surface area (Å²) in [6.07, 6.45) is 7.26. The van der Waals surface area contributed by atoms with Crippen molar-refractivity contribution in [3.05, 3.63) is 52.8 Å². The summed E-state index contributed by atoms with van der Waals surface area (Å²) >= 11 is 6.47. The van der Waals surface area contributed by atoms with E-state index in [-0.39, 0.29) is 6.04 Å². The number of nitrogens with one attached hydrogen (secondary N) is 3. The Morgan fingerprint density at radius 1 is 1.11 bits per heavy atom. The van der Waals surface area contributed by atoms with Gasteiger partial charge in [-0.3, -0.25) is 4.79 Å². The number of hydrogen-bond acceptors (Lipinski definition) is 8. The fourth-order valence-corrected chi connectivity index (χ4v) is 4.95. The van der Waals surface area contributed by atoms with Crippen molar-refractivity contribution in [1.82, 2.24) is 20.3 Å². The van der Waals surface area contributed by atoms with E-state index >= 15 is 0 Å². The monoisotopic (exact) mass is 524 g/mol. The molecule has 0 spiro atoms. The van der Waals surface area contributed by atoms with Crippen molar-refractivity contribution in [3.8, 4) is 0 Å². The van der Waals surface area contributed by atoms with E-state index < -0.39 is 11.5 Å². The first kappa shape index (κ1) is 25.6. The van der Waals surface area contributed by atoms with Crippen LogP contribution in [0.4, 0.5) is 11.8 Å². The first-order valence-electron chi connectivity index (χ1n) is 12.8. The lowest BCUT2D eigenvalue weighted by Crippen LogP contribution is -2.54. The van der Waals surface area contributed by atoms with Crippen molar-refractivity contribution >= 4 is 40.2 Å². The van der Waals surface area contributed by atoms with Crippen molar-refractivity contribution in [3.63, 3.8) is 0 Å². The highest BCUT2D eigenvalue weighted by atomic mass is 35.5. The van der Waals surface area contributed by atoms with Crippen LogP contribution in [0.1, 0.15) is 43.7 Å². The van der Waals surface area contributed by atoms with Gasteiger partial charge in [0.1, 0.15) is 5.82 Å². The van der Waals surface area contributed by atoms with E-state index in [0.29, 0.717) is 41.7 Å². The number of benzene rings is 1. The Labute approximate surface area is 221 Å². The standard InChI is InChI=1S/C27H33ClN6O3/c1-16-3-6-18-7-10-22(34-24(18)23(16)28)32-20-8-4-17(5-9-20)11-29-26-30-12-19(13-31-26)27(2,36)25(35)33-21-14-37-15-21/h3,6-7,10,12-13,17,20-21,36H,4-5,8-9,11,14-15H2,1-2H3,(H,32,34)(H,33,35)(H,29,30,31). The largest absolute Gasteiger partial charge is 0.377 e. The molecule has 5 rings (SSSR count). The zero-order valence-corrected chi connectivity index (χ0v) is 21.9. The van der Waals surface area contributed by atoms with Crippen molar-refractivity contribution in [2.75, 3.05) is 30.4 Å². The van der Waals surface area contributed by atoms with Crippen molar-refractivity contribution in [2.45, 2.75) is 57.2 Å². The number of anilines is 2. The molecule has 0 bridgehead atoms. The second-order valence-corrected chi connectivity index (χ2v) is 10.7.